The lowest BCUT2D eigenvalue weighted by atomic mass is 10.1. The van der Waals surface area contributed by atoms with E-state index in [9.17, 15) is 4.79 Å². The highest BCUT2D eigenvalue weighted by molar-refractivity contribution is 14.0. The van der Waals surface area contributed by atoms with Crippen LogP contribution in [0.2, 0.25) is 0 Å². The van der Waals surface area contributed by atoms with E-state index in [1.54, 1.807) is 0 Å². The van der Waals surface area contributed by atoms with Gasteiger partial charge in [0.25, 0.3) is 0 Å². The first-order valence-electron chi connectivity index (χ1n) is 10.7. The Balaban J connectivity index is 0.00000210. The third-order valence-corrected chi connectivity index (χ3v) is 6.71. The van der Waals surface area contributed by atoms with Crippen LogP contribution in [-0.4, -0.2) is 73.5 Å². The van der Waals surface area contributed by atoms with E-state index in [0.29, 0.717) is 17.9 Å². The molecule has 1 amide bonds. The number of rotatable bonds is 5. The SMILES string of the molecule is CN=C(NCC1CCN(C2CC2)C1)NC1CCN(C(=O)C2CCCC2)C1.I. The molecule has 2 atom stereocenters. The Labute approximate surface area is 180 Å². The number of aliphatic imine (C=N–C) groups is 1. The van der Waals surface area contributed by atoms with E-state index >= 15 is 0 Å². The molecular weight excluding hydrogens is 453 g/mol. The van der Waals surface area contributed by atoms with Crippen molar-refractivity contribution in [1.82, 2.24) is 20.4 Å². The quantitative estimate of drug-likeness (QED) is 0.353. The molecule has 2 unspecified atom stereocenters. The molecule has 2 heterocycles. The molecule has 7 heteroatoms. The van der Waals surface area contributed by atoms with Gasteiger partial charge in [-0.3, -0.25) is 9.79 Å². The molecule has 2 aliphatic carbocycles. The van der Waals surface area contributed by atoms with Crippen molar-refractivity contribution < 1.29 is 4.79 Å². The second kappa shape index (κ2) is 9.76. The van der Waals surface area contributed by atoms with Crippen LogP contribution in [0.5, 0.6) is 0 Å². The van der Waals surface area contributed by atoms with Gasteiger partial charge in [0.05, 0.1) is 0 Å². The van der Waals surface area contributed by atoms with Crippen molar-refractivity contribution in [2.24, 2.45) is 16.8 Å². The molecule has 0 aromatic carbocycles. The van der Waals surface area contributed by atoms with Crippen LogP contribution in [0.1, 0.15) is 51.4 Å². The maximum Gasteiger partial charge on any atom is 0.225 e. The number of hydrogen-bond acceptors (Lipinski definition) is 3. The van der Waals surface area contributed by atoms with Crippen LogP contribution in [0.25, 0.3) is 0 Å². The number of halogens is 1. The minimum absolute atomic E-state index is 0. The van der Waals surface area contributed by atoms with Gasteiger partial charge in [0.2, 0.25) is 5.91 Å². The highest BCUT2D eigenvalue weighted by Crippen LogP contribution is 2.31. The van der Waals surface area contributed by atoms with E-state index < -0.39 is 0 Å². The van der Waals surface area contributed by atoms with Gasteiger partial charge in [-0.2, -0.15) is 0 Å². The molecule has 4 aliphatic rings. The van der Waals surface area contributed by atoms with Crippen LogP contribution in [0, 0.1) is 11.8 Å². The van der Waals surface area contributed by atoms with Gasteiger partial charge in [-0.05, 0) is 51.0 Å². The molecule has 4 fully saturated rings. The number of likely N-dealkylation sites (tertiary alicyclic amines) is 2. The molecule has 0 bridgehead atoms. The fourth-order valence-electron chi connectivity index (χ4n) is 4.94. The molecule has 4 rings (SSSR count). The van der Waals surface area contributed by atoms with Crippen molar-refractivity contribution in [2.45, 2.75) is 63.5 Å². The lowest BCUT2D eigenvalue weighted by Gasteiger charge is -2.22. The Hall–Kier alpha value is -0.570. The van der Waals surface area contributed by atoms with Gasteiger partial charge < -0.3 is 20.4 Å². The van der Waals surface area contributed by atoms with Crippen LogP contribution in [-0.2, 0) is 4.79 Å². The summed E-state index contributed by atoms with van der Waals surface area (Å²) < 4.78 is 0. The lowest BCUT2D eigenvalue weighted by molar-refractivity contribution is -0.134. The standard InChI is InChI=1S/C20H35N5O.HI/c1-21-20(22-12-15-8-10-24(13-15)18-6-7-18)23-17-9-11-25(14-17)19(26)16-4-2-3-5-16;/h15-18H,2-14H2,1H3,(H2,21,22,23);1H. The molecule has 2 aliphatic heterocycles. The third kappa shape index (κ3) is 5.49. The van der Waals surface area contributed by atoms with Crippen molar-refractivity contribution in [3.63, 3.8) is 0 Å². The van der Waals surface area contributed by atoms with Gasteiger partial charge in [0, 0.05) is 51.2 Å². The number of carbonyl (C=O) groups is 1. The first kappa shape index (κ1) is 21.1. The molecule has 2 N–H and O–H groups in total. The fourth-order valence-corrected chi connectivity index (χ4v) is 4.94. The Morgan fingerprint density at radius 3 is 2.52 bits per heavy atom. The minimum atomic E-state index is 0. The number of nitrogens with one attached hydrogen (secondary N) is 2. The van der Waals surface area contributed by atoms with E-state index in [1.807, 2.05) is 7.05 Å². The molecule has 2 saturated heterocycles. The van der Waals surface area contributed by atoms with Crippen LogP contribution >= 0.6 is 24.0 Å². The second-order valence-electron chi connectivity index (χ2n) is 8.73. The molecule has 27 heavy (non-hydrogen) atoms. The first-order valence-corrected chi connectivity index (χ1v) is 10.7. The normalized spacial score (nSPS) is 29.8. The second-order valence-corrected chi connectivity index (χ2v) is 8.73. The van der Waals surface area contributed by atoms with Gasteiger partial charge in [-0.1, -0.05) is 12.8 Å². The smallest absolute Gasteiger partial charge is 0.225 e. The van der Waals surface area contributed by atoms with E-state index in [1.165, 1.54) is 45.2 Å². The molecule has 0 radical (unpaired) electrons. The zero-order valence-corrected chi connectivity index (χ0v) is 19.0. The van der Waals surface area contributed by atoms with Gasteiger partial charge in [-0.25, -0.2) is 0 Å². The highest BCUT2D eigenvalue weighted by Gasteiger charge is 2.35. The van der Waals surface area contributed by atoms with Crippen LogP contribution in [0.3, 0.4) is 0 Å². The first-order chi connectivity index (χ1) is 12.7. The van der Waals surface area contributed by atoms with Crippen molar-refractivity contribution in [2.75, 3.05) is 39.8 Å². The summed E-state index contributed by atoms with van der Waals surface area (Å²) in [6.07, 6.45) is 9.77. The number of carbonyl (C=O) groups excluding carboxylic acids is 1. The van der Waals surface area contributed by atoms with Crippen molar-refractivity contribution in [3.05, 3.63) is 0 Å². The number of nitrogens with zero attached hydrogens (tertiary/aromatic N) is 3. The summed E-state index contributed by atoms with van der Waals surface area (Å²) in [7, 11) is 1.84. The van der Waals surface area contributed by atoms with Gasteiger partial charge >= 0.3 is 0 Å². The Morgan fingerprint density at radius 2 is 1.81 bits per heavy atom. The van der Waals surface area contributed by atoms with Gasteiger partial charge in [0.15, 0.2) is 5.96 Å². The van der Waals surface area contributed by atoms with Crippen LogP contribution < -0.4 is 10.6 Å². The lowest BCUT2D eigenvalue weighted by Crippen LogP contribution is -2.46. The topological polar surface area (TPSA) is 60.0 Å². The summed E-state index contributed by atoms with van der Waals surface area (Å²) in [6.45, 7) is 5.23. The van der Waals surface area contributed by atoms with E-state index in [-0.39, 0.29) is 24.0 Å². The van der Waals surface area contributed by atoms with Crippen LogP contribution in [0.15, 0.2) is 4.99 Å². The average Bonchev–Trinajstić information content (AvgIpc) is 3.11. The summed E-state index contributed by atoms with van der Waals surface area (Å²) in [4.78, 5) is 21.7. The monoisotopic (exact) mass is 489 g/mol. The summed E-state index contributed by atoms with van der Waals surface area (Å²) in [6, 6.07) is 1.22. The van der Waals surface area contributed by atoms with E-state index in [4.69, 9.17) is 0 Å². The maximum absolute atomic E-state index is 12.6. The summed E-state index contributed by atoms with van der Waals surface area (Å²) in [5.74, 6) is 2.32. The summed E-state index contributed by atoms with van der Waals surface area (Å²) in [5, 5.41) is 7.07. The van der Waals surface area contributed by atoms with Crippen molar-refractivity contribution in [1.29, 1.82) is 0 Å². The molecule has 6 nitrogen and oxygen atoms in total. The predicted molar refractivity (Wildman–Crippen MR) is 120 cm³/mol. The Bertz CT molecular complexity index is 532. The Kier molecular flexibility index (Phi) is 7.65. The zero-order chi connectivity index (χ0) is 17.9. The maximum atomic E-state index is 12.6. The van der Waals surface area contributed by atoms with E-state index in [2.05, 4.69) is 25.4 Å². The zero-order valence-electron chi connectivity index (χ0n) is 16.7. The molecule has 0 aromatic rings. The van der Waals surface area contributed by atoms with Crippen molar-refractivity contribution >= 4 is 35.8 Å². The average molecular weight is 489 g/mol. The minimum Gasteiger partial charge on any atom is -0.356 e. The number of amides is 1. The van der Waals surface area contributed by atoms with Crippen molar-refractivity contribution in [3.8, 4) is 0 Å². The van der Waals surface area contributed by atoms with Crippen LogP contribution in [0.4, 0.5) is 0 Å². The predicted octanol–water partition coefficient (Wildman–Crippen LogP) is 2.04. The van der Waals surface area contributed by atoms with E-state index in [0.717, 1.165) is 56.8 Å². The van der Waals surface area contributed by atoms with Gasteiger partial charge in [-0.15, -0.1) is 24.0 Å². The molecule has 0 aromatic heterocycles. The molecular formula is C20H36IN5O. The number of hydrogen-bond donors (Lipinski definition) is 2. The number of guanidine groups is 1. The van der Waals surface area contributed by atoms with Gasteiger partial charge in [0.1, 0.15) is 0 Å². The molecule has 154 valence electrons. The third-order valence-electron chi connectivity index (χ3n) is 6.71. The largest absolute Gasteiger partial charge is 0.356 e. The fraction of sp³-hybridized carbons (Fsp3) is 0.900. The summed E-state index contributed by atoms with van der Waals surface area (Å²) >= 11 is 0. The molecule has 2 saturated carbocycles. The molecule has 0 spiro atoms. The highest BCUT2D eigenvalue weighted by atomic mass is 127. The Morgan fingerprint density at radius 1 is 1.04 bits per heavy atom. The summed E-state index contributed by atoms with van der Waals surface area (Å²) in [5.41, 5.74) is 0.